The number of rotatable bonds is 5. The average molecular weight is 604 g/mol. The fourth-order valence-electron chi connectivity index (χ4n) is 6.38. The lowest BCUT2D eigenvalue weighted by Crippen LogP contribution is -2.55. The third kappa shape index (κ3) is 7.51. The van der Waals surface area contributed by atoms with Crippen LogP contribution in [0.5, 0.6) is 0 Å². The summed E-state index contributed by atoms with van der Waals surface area (Å²) < 4.78 is 16.9. The van der Waals surface area contributed by atoms with E-state index in [1.54, 1.807) is 4.90 Å². The monoisotopic (exact) mass is 603 g/mol. The summed E-state index contributed by atoms with van der Waals surface area (Å²) in [5, 5.41) is 27.1. The number of aliphatic hydroxyl groups excluding tert-OH is 2. The predicted molar refractivity (Wildman–Crippen MR) is 152 cm³/mol. The van der Waals surface area contributed by atoms with Crippen LogP contribution in [-0.2, 0) is 39.9 Å². The smallest absolute Gasteiger partial charge is 0.248 e. The van der Waals surface area contributed by atoms with E-state index in [2.05, 4.69) is 10.6 Å². The molecule has 5 rings (SSSR count). The fourth-order valence-corrected chi connectivity index (χ4v) is 6.38. The van der Waals surface area contributed by atoms with E-state index >= 15 is 0 Å². The maximum atomic E-state index is 14.0. The molecule has 4 aliphatic rings. The Labute approximate surface area is 250 Å². The van der Waals surface area contributed by atoms with Crippen LogP contribution < -0.4 is 10.6 Å². The minimum Gasteiger partial charge on any atom is -0.388 e. The van der Waals surface area contributed by atoms with Crippen LogP contribution in [0.15, 0.2) is 24.3 Å². The lowest BCUT2D eigenvalue weighted by Gasteiger charge is -2.38. The van der Waals surface area contributed by atoms with E-state index in [-0.39, 0.29) is 62.3 Å². The topological polar surface area (TPSA) is 170 Å². The second-order valence-corrected chi connectivity index (χ2v) is 11.7. The molecule has 1 aromatic carbocycles. The zero-order chi connectivity index (χ0) is 30.7. The lowest BCUT2D eigenvalue weighted by molar-refractivity contribution is -0.148. The number of carbonyl (C=O) groups is 4. The van der Waals surface area contributed by atoms with Gasteiger partial charge in [-0.05, 0) is 24.1 Å². The second-order valence-electron chi connectivity index (χ2n) is 11.7. The lowest BCUT2D eigenvalue weighted by atomic mass is 10.0. The Balaban J connectivity index is 1.38. The molecule has 14 heteroatoms. The van der Waals surface area contributed by atoms with Crippen molar-refractivity contribution < 1.29 is 43.6 Å². The predicted octanol–water partition coefficient (Wildman–Crippen LogP) is -1.70. The third-order valence-corrected chi connectivity index (χ3v) is 8.46. The van der Waals surface area contributed by atoms with Crippen LogP contribution in [0.3, 0.4) is 0 Å². The second kappa shape index (κ2) is 13.7. The van der Waals surface area contributed by atoms with Crippen LogP contribution in [0.2, 0.25) is 0 Å². The van der Waals surface area contributed by atoms with Crippen molar-refractivity contribution in [3.05, 3.63) is 29.8 Å². The summed E-state index contributed by atoms with van der Waals surface area (Å²) in [5.74, 6) is -0.949. The number of nitrogens with one attached hydrogen (secondary N) is 2. The molecule has 4 N–H and O–H groups in total. The summed E-state index contributed by atoms with van der Waals surface area (Å²) in [5.41, 5.74) is 1.62. The Morgan fingerprint density at radius 3 is 2.53 bits per heavy atom. The molecule has 4 heterocycles. The Kier molecular flexibility index (Phi) is 9.94. The normalized spacial score (nSPS) is 32.0. The molecule has 43 heavy (non-hydrogen) atoms. The number of ether oxygens (including phenoxy) is 3. The highest BCUT2D eigenvalue weighted by molar-refractivity contribution is 5.88. The number of benzene rings is 1. The van der Waals surface area contributed by atoms with E-state index in [0.717, 1.165) is 5.56 Å². The van der Waals surface area contributed by atoms with Crippen molar-refractivity contribution in [1.82, 2.24) is 20.0 Å². The zero-order valence-corrected chi connectivity index (χ0v) is 24.5. The van der Waals surface area contributed by atoms with Gasteiger partial charge in [-0.1, -0.05) is 12.1 Å². The Hall–Kier alpha value is -3.14. The first-order chi connectivity index (χ1) is 20.6. The molecular formula is C29H41N5O9. The summed E-state index contributed by atoms with van der Waals surface area (Å²) in [6.45, 7) is 3.19. The maximum absolute atomic E-state index is 14.0. The number of carbonyl (C=O) groups excluding carboxylic acids is 4. The van der Waals surface area contributed by atoms with Gasteiger partial charge in [0.05, 0.1) is 31.3 Å². The first-order valence-corrected chi connectivity index (χ1v) is 14.7. The number of hydrogen-bond donors (Lipinski definition) is 4. The summed E-state index contributed by atoms with van der Waals surface area (Å²) >= 11 is 0. The van der Waals surface area contributed by atoms with Crippen LogP contribution in [0, 0.1) is 0 Å². The molecule has 4 fully saturated rings. The zero-order valence-electron chi connectivity index (χ0n) is 24.5. The molecular weight excluding hydrogens is 562 g/mol. The number of aliphatic hydroxyl groups is 2. The number of likely N-dealkylation sites (tertiary alicyclic amines) is 1. The number of hydrogen-bond acceptors (Lipinski definition) is 10. The van der Waals surface area contributed by atoms with Crippen LogP contribution in [0.25, 0.3) is 0 Å². The van der Waals surface area contributed by atoms with Crippen molar-refractivity contribution in [2.24, 2.45) is 0 Å². The molecule has 0 saturated carbocycles. The molecule has 236 valence electrons. The van der Waals surface area contributed by atoms with Gasteiger partial charge in [-0.15, -0.1) is 0 Å². The van der Waals surface area contributed by atoms with Crippen molar-refractivity contribution in [3.63, 3.8) is 0 Å². The Morgan fingerprint density at radius 2 is 1.81 bits per heavy atom. The average Bonchev–Trinajstić information content (AvgIpc) is 3.47. The molecule has 6 bridgehead atoms. The molecule has 4 amide bonds. The highest BCUT2D eigenvalue weighted by Crippen LogP contribution is 2.28. The van der Waals surface area contributed by atoms with Crippen molar-refractivity contribution >= 4 is 29.3 Å². The van der Waals surface area contributed by atoms with Crippen LogP contribution in [0.4, 0.5) is 5.69 Å². The molecule has 0 aromatic heterocycles. The molecule has 4 aliphatic heterocycles. The van der Waals surface area contributed by atoms with Crippen molar-refractivity contribution in [2.75, 3.05) is 58.4 Å². The molecule has 0 aliphatic carbocycles. The number of methoxy groups -OCH3 is 1. The number of amides is 4. The minimum atomic E-state index is -1.30. The molecule has 14 nitrogen and oxygen atoms in total. The van der Waals surface area contributed by atoms with Gasteiger partial charge >= 0.3 is 0 Å². The van der Waals surface area contributed by atoms with Crippen molar-refractivity contribution in [3.8, 4) is 0 Å². The van der Waals surface area contributed by atoms with Crippen LogP contribution in [-0.4, -0.2) is 144 Å². The number of anilines is 1. The van der Waals surface area contributed by atoms with E-state index in [1.807, 2.05) is 29.2 Å². The SMILES string of the molecule is COCC(=O)N1C[C@@H]2CN(CCO2)C(=O)[C@@H]2C[C@@H](CN2Cc2ccc(NC(C)=O)cc2)NC(=O)C[C@@H]2O[C@H](C1)[C@@H](O)[C@H]2O. The van der Waals surface area contributed by atoms with E-state index in [4.69, 9.17) is 14.2 Å². The quantitative estimate of drug-likeness (QED) is 0.304. The van der Waals surface area contributed by atoms with Gasteiger partial charge in [-0.3, -0.25) is 24.1 Å². The summed E-state index contributed by atoms with van der Waals surface area (Å²) in [6, 6.07) is 6.59. The highest BCUT2D eigenvalue weighted by atomic mass is 16.5. The largest absolute Gasteiger partial charge is 0.388 e. The molecule has 1 aromatic rings. The molecule has 0 unspecified atom stereocenters. The van der Waals surface area contributed by atoms with Crippen molar-refractivity contribution in [2.45, 2.75) is 68.9 Å². The van der Waals surface area contributed by atoms with Gasteiger partial charge < -0.3 is 44.9 Å². The van der Waals surface area contributed by atoms with Crippen molar-refractivity contribution in [1.29, 1.82) is 0 Å². The molecule has 0 radical (unpaired) electrons. The Bertz CT molecular complexity index is 1180. The van der Waals surface area contributed by atoms with Gasteiger partial charge in [0.25, 0.3) is 0 Å². The molecule has 4 saturated heterocycles. The first-order valence-electron chi connectivity index (χ1n) is 14.7. The summed E-state index contributed by atoms with van der Waals surface area (Å²) in [4.78, 5) is 56.6. The molecule has 0 spiro atoms. The van der Waals surface area contributed by atoms with Gasteiger partial charge in [-0.25, -0.2) is 0 Å². The van der Waals surface area contributed by atoms with Gasteiger partial charge in [0.1, 0.15) is 24.9 Å². The number of fused-ring (bicyclic) bond motifs is 6. The standard InChI is InChI=1S/C29H41N5O9/c1-17(35)30-19-5-3-18(4-6-19)11-33-12-20-9-22(33)29(40)32-7-8-42-21(13-32)14-34(26(37)16-41-2)15-24-28(39)27(38)23(43-24)10-25(36)31-20/h3-6,20-24,27-28,38-39H,7-16H2,1-2H3,(H,30,35)(H,31,36)/t20-,21-,22-,23-,24+,27-,28+/m0/s1. The van der Waals surface area contributed by atoms with E-state index < -0.39 is 36.6 Å². The minimum absolute atomic E-state index is 0.0356. The fraction of sp³-hybridized carbons (Fsp3) is 0.655. The van der Waals surface area contributed by atoms with Crippen LogP contribution in [0.1, 0.15) is 25.3 Å². The van der Waals surface area contributed by atoms with E-state index in [9.17, 15) is 29.4 Å². The summed E-state index contributed by atoms with van der Waals surface area (Å²) in [7, 11) is 1.41. The Morgan fingerprint density at radius 1 is 1.07 bits per heavy atom. The maximum Gasteiger partial charge on any atom is 0.248 e. The van der Waals surface area contributed by atoms with Crippen LogP contribution >= 0.6 is 0 Å². The molecule has 7 atom stereocenters. The van der Waals surface area contributed by atoms with Gasteiger partial charge in [0.2, 0.25) is 23.6 Å². The van der Waals surface area contributed by atoms with E-state index in [1.165, 1.54) is 18.9 Å². The third-order valence-electron chi connectivity index (χ3n) is 8.46. The number of morpholine rings is 1. The first kappa shape index (κ1) is 31.3. The van der Waals surface area contributed by atoms with Gasteiger partial charge in [-0.2, -0.15) is 0 Å². The van der Waals surface area contributed by atoms with Gasteiger partial charge in [0, 0.05) is 65.0 Å². The van der Waals surface area contributed by atoms with Gasteiger partial charge in [0.15, 0.2) is 0 Å². The number of nitrogens with zero attached hydrogens (tertiary/aromatic N) is 3. The summed E-state index contributed by atoms with van der Waals surface area (Å²) in [6.07, 6.45) is -4.72. The van der Waals surface area contributed by atoms with E-state index in [0.29, 0.717) is 38.3 Å². The highest BCUT2D eigenvalue weighted by Gasteiger charge is 2.46.